The predicted octanol–water partition coefficient (Wildman–Crippen LogP) is 4.86. The van der Waals surface area contributed by atoms with E-state index in [1.165, 1.54) is 6.08 Å². The van der Waals surface area contributed by atoms with Crippen LogP contribution in [0.3, 0.4) is 0 Å². The summed E-state index contributed by atoms with van der Waals surface area (Å²) in [5.41, 5.74) is 1.44. The molecule has 1 heterocycles. The lowest BCUT2D eigenvalue weighted by Crippen LogP contribution is -2.05. The van der Waals surface area contributed by atoms with Gasteiger partial charge in [-0.1, -0.05) is 26.0 Å². The van der Waals surface area contributed by atoms with Crippen molar-refractivity contribution in [3.05, 3.63) is 56.3 Å². The third-order valence-electron chi connectivity index (χ3n) is 4.31. The van der Waals surface area contributed by atoms with Crippen molar-refractivity contribution in [2.45, 2.75) is 34.1 Å². The highest BCUT2D eigenvalue weighted by atomic mass is 32.1. The van der Waals surface area contributed by atoms with Crippen LogP contribution in [0.1, 0.15) is 52.0 Å². The summed E-state index contributed by atoms with van der Waals surface area (Å²) in [5.74, 6) is 0.188. The number of esters is 1. The van der Waals surface area contributed by atoms with Crippen LogP contribution in [0.25, 0.3) is 6.08 Å². The molecule has 0 saturated heterocycles. The van der Waals surface area contributed by atoms with E-state index in [1.807, 2.05) is 6.07 Å². The molecule has 7 heteroatoms. The Kier molecular flexibility index (Phi) is 8.54. The fraction of sp³-hybridized carbons (Fsp3) is 0.333. The van der Waals surface area contributed by atoms with Crippen LogP contribution in [0.5, 0.6) is 5.75 Å². The topological polar surface area (TPSA) is 100 Å². The number of nitrogens with zero attached hydrogens (tertiary/aromatic N) is 2. The van der Waals surface area contributed by atoms with Crippen molar-refractivity contribution in [2.24, 2.45) is 5.92 Å². The van der Waals surface area contributed by atoms with Crippen LogP contribution in [0.15, 0.2) is 29.8 Å². The summed E-state index contributed by atoms with van der Waals surface area (Å²) in [6, 6.07) is 11.1. The Morgan fingerprint density at radius 2 is 1.87 bits per heavy atom. The molecule has 0 bridgehead atoms. The third kappa shape index (κ3) is 6.28. The molecule has 0 fully saturated rings. The molecule has 0 amide bonds. The minimum Gasteiger partial charge on any atom is -0.493 e. The summed E-state index contributed by atoms with van der Waals surface area (Å²) < 4.78 is 10.7. The molecule has 0 radical (unpaired) electrons. The van der Waals surface area contributed by atoms with Crippen LogP contribution in [-0.4, -0.2) is 25.0 Å². The highest BCUT2D eigenvalue weighted by Gasteiger charge is 2.23. The molecule has 0 unspecified atom stereocenters. The van der Waals surface area contributed by atoms with Gasteiger partial charge in [0, 0.05) is 11.3 Å². The van der Waals surface area contributed by atoms with E-state index in [2.05, 4.69) is 19.9 Å². The quantitative estimate of drug-likeness (QED) is 0.316. The molecule has 160 valence electrons. The van der Waals surface area contributed by atoms with Gasteiger partial charge in [0.2, 0.25) is 0 Å². The number of thiophene rings is 1. The van der Waals surface area contributed by atoms with E-state index in [0.717, 1.165) is 17.1 Å². The van der Waals surface area contributed by atoms with Gasteiger partial charge in [0.1, 0.15) is 22.8 Å². The van der Waals surface area contributed by atoms with Crippen molar-refractivity contribution in [3.63, 3.8) is 0 Å². The molecule has 1 aromatic heterocycles. The number of carbonyl (C=O) groups is 2. The highest BCUT2D eigenvalue weighted by molar-refractivity contribution is 7.14. The average molecular weight is 437 g/mol. The van der Waals surface area contributed by atoms with Crippen LogP contribution in [0.2, 0.25) is 0 Å². The van der Waals surface area contributed by atoms with Crippen molar-refractivity contribution in [2.75, 3.05) is 13.2 Å². The average Bonchev–Trinajstić information content (AvgIpc) is 3.06. The van der Waals surface area contributed by atoms with Gasteiger partial charge < -0.3 is 9.47 Å². The maximum atomic E-state index is 12.7. The summed E-state index contributed by atoms with van der Waals surface area (Å²) in [4.78, 5) is 25.6. The smallest absolute Gasteiger partial charge is 0.348 e. The normalized spacial score (nSPS) is 11.0. The van der Waals surface area contributed by atoms with E-state index in [0.29, 0.717) is 33.4 Å². The van der Waals surface area contributed by atoms with Gasteiger partial charge in [-0.05, 0) is 49.1 Å². The minimum atomic E-state index is -0.518. The van der Waals surface area contributed by atoms with Crippen molar-refractivity contribution < 1.29 is 19.1 Å². The minimum absolute atomic E-state index is 0.0246. The lowest BCUT2D eigenvalue weighted by atomic mass is 10.0. The molecule has 1 aromatic carbocycles. The van der Waals surface area contributed by atoms with E-state index >= 15 is 0 Å². The Balaban J connectivity index is 2.22. The lowest BCUT2D eigenvalue weighted by molar-refractivity contribution is -0.114. The van der Waals surface area contributed by atoms with Gasteiger partial charge in [-0.15, -0.1) is 11.3 Å². The molecule has 0 aliphatic carbocycles. The molecular formula is C24H24N2O4S. The molecule has 31 heavy (non-hydrogen) atoms. The number of ether oxygens (including phenoxy) is 2. The van der Waals surface area contributed by atoms with E-state index in [9.17, 15) is 20.1 Å². The van der Waals surface area contributed by atoms with Crippen LogP contribution < -0.4 is 4.74 Å². The molecule has 0 atom stereocenters. The first kappa shape index (κ1) is 23.9. The Morgan fingerprint density at radius 1 is 1.19 bits per heavy atom. The SMILES string of the molecule is CCOC(=O)c1sc(CC(=O)/C(C#N)=C\c2ccc(OCC(C)C)cc2)c(C#N)c1C. The summed E-state index contributed by atoms with van der Waals surface area (Å²) in [6.07, 6.45) is 1.37. The molecule has 0 N–H and O–H groups in total. The first-order valence-electron chi connectivity index (χ1n) is 9.88. The number of carbonyl (C=O) groups excluding carboxylic acids is 2. The molecule has 2 rings (SSSR count). The van der Waals surface area contributed by atoms with Gasteiger partial charge in [-0.2, -0.15) is 10.5 Å². The number of ketones is 1. The molecule has 0 spiro atoms. The van der Waals surface area contributed by atoms with Crippen LogP contribution in [0.4, 0.5) is 0 Å². The zero-order valence-electron chi connectivity index (χ0n) is 18.0. The first-order valence-corrected chi connectivity index (χ1v) is 10.7. The van der Waals surface area contributed by atoms with E-state index in [1.54, 1.807) is 38.1 Å². The van der Waals surface area contributed by atoms with E-state index < -0.39 is 11.8 Å². The molecule has 0 aliphatic heterocycles. The molecule has 0 saturated carbocycles. The molecular weight excluding hydrogens is 412 g/mol. The van der Waals surface area contributed by atoms with E-state index in [4.69, 9.17) is 9.47 Å². The molecule has 0 aliphatic rings. The van der Waals surface area contributed by atoms with Crippen LogP contribution in [-0.2, 0) is 16.0 Å². The second-order valence-electron chi connectivity index (χ2n) is 7.23. The van der Waals surface area contributed by atoms with Gasteiger partial charge in [-0.25, -0.2) is 4.79 Å². The monoisotopic (exact) mass is 436 g/mol. The van der Waals surface area contributed by atoms with Gasteiger partial charge >= 0.3 is 5.97 Å². The first-order chi connectivity index (χ1) is 14.8. The van der Waals surface area contributed by atoms with E-state index in [-0.39, 0.29) is 24.2 Å². The summed E-state index contributed by atoms with van der Waals surface area (Å²) in [7, 11) is 0. The maximum absolute atomic E-state index is 12.7. The number of allylic oxidation sites excluding steroid dienone is 1. The Labute approximate surface area is 186 Å². The van der Waals surface area contributed by atoms with Gasteiger partial charge in [0.05, 0.1) is 24.4 Å². The standard InChI is InChI=1S/C24H24N2O4S/c1-5-29-24(28)23-16(4)20(13-26)22(31-23)11-21(27)18(12-25)10-17-6-8-19(9-7-17)30-14-15(2)3/h6-10,15H,5,11,14H2,1-4H3/b18-10-. The van der Waals surface area contributed by atoms with Crippen molar-refractivity contribution >= 4 is 29.2 Å². The molecule has 6 nitrogen and oxygen atoms in total. The van der Waals surface area contributed by atoms with Crippen molar-refractivity contribution in [1.82, 2.24) is 0 Å². The van der Waals surface area contributed by atoms with Gasteiger partial charge in [0.25, 0.3) is 0 Å². The van der Waals surface area contributed by atoms with Crippen LogP contribution >= 0.6 is 11.3 Å². The van der Waals surface area contributed by atoms with Gasteiger partial charge in [-0.3, -0.25) is 4.79 Å². The fourth-order valence-corrected chi connectivity index (χ4v) is 3.89. The number of nitriles is 2. The molecule has 2 aromatic rings. The zero-order valence-corrected chi connectivity index (χ0v) is 18.8. The number of benzene rings is 1. The maximum Gasteiger partial charge on any atom is 0.348 e. The Bertz CT molecular complexity index is 1070. The van der Waals surface area contributed by atoms with Crippen LogP contribution in [0, 0.1) is 35.5 Å². The lowest BCUT2D eigenvalue weighted by Gasteiger charge is -2.08. The largest absolute Gasteiger partial charge is 0.493 e. The summed E-state index contributed by atoms with van der Waals surface area (Å²) in [5, 5.41) is 19.0. The Hall–Kier alpha value is -3.42. The number of hydrogen-bond acceptors (Lipinski definition) is 7. The summed E-state index contributed by atoms with van der Waals surface area (Å²) >= 11 is 1.06. The van der Waals surface area contributed by atoms with Crippen molar-refractivity contribution in [3.8, 4) is 17.9 Å². The second-order valence-corrected chi connectivity index (χ2v) is 8.34. The predicted molar refractivity (Wildman–Crippen MR) is 119 cm³/mol. The third-order valence-corrected chi connectivity index (χ3v) is 5.58. The van der Waals surface area contributed by atoms with Crippen molar-refractivity contribution in [1.29, 1.82) is 10.5 Å². The number of Topliss-reactive ketones (excluding diaryl/α,β-unsaturated/α-hetero) is 1. The number of hydrogen-bond donors (Lipinski definition) is 0. The van der Waals surface area contributed by atoms with Gasteiger partial charge in [0.15, 0.2) is 5.78 Å². The zero-order chi connectivity index (χ0) is 23.0. The fourth-order valence-electron chi connectivity index (χ4n) is 2.74. The Morgan fingerprint density at radius 3 is 2.42 bits per heavy atom. The number of rotatable bonds is 9. The highest BCUT2D eigenvalue weighted by Crippen LogP contribution is 2.29. The second kappa shape index (κ2) is 11.1. The summed E-state index contributed by atoms with van der Waals surface area (Å²) in [6.45, 7) is 8.29.